The molecule has 0 atom stereocenters. The Morgan fingerprint density at radius 3 is 2.42 bits per heavy atom. The topological polar surface area (TPSA) is 49.3 Å². The number of rotatable bonds is 3. The molecule has 6 heteroatoms. The monoisotopic (exact) mass is 432 g/mol. The smallest absolute Gasteiger partial charge is 0.230 e. The zero-order valence-electron chi connectivity index (χ0n) is 17.4. The third-order valence-electron chi connectivity index (χ3n) is 6.33. The maximum Gasteiger partial charge on any atom is 0.230 e. The van der Waals surface area contributed by atoms with E-state index in [1.807, 2.05) is 47.4 Å². The van der Waals surface area contributed by atoms with Crippen molar-refractivity contribution in [2.45, 2.75) is 25.7 Å². The van der Waals surface area contributed by atoms with Crippen LogP contribution in [0.1, 0.15) is 24.8 Å². The minimum atomic E-state index is 0.0729. The zero-order valence-corrected chi connectivity index (χ0v) is 18.1. The fourth-order valence-electron chi connectivity index (χ4n) is 4.61. The summed E-state index contributed by atoms with van der Waals surface area (Å²) in [5.41, 5.74) is 4.21. The molecule has 0 spiro atoms. The van der Waals surface area contributed by atoms with E-state index in [-0.39, 0.29) is 11.8 Å². The number of para-hydroxylation sites is 1. The first-order chi connectivity index (χ1) is 15.2. The van der Waals surface area contributed by atoms with Gasteiger partial charge in [-0.05, 0) is 61.6 Å². The van der Waals surface area contributed by atoms with Gasteiger partial charge in [-0.2, -0.15) is 0 Å². The predicted octanol–water partition coefficient (Wildman–Crippen LogP) is 4.99. The van der Waals surface area contributed by atoms with E-state index in [0.717, 1.165) is 68.1 Å². The summed E-state index contributed by atoms with van der Waals surface area (Å²) >= 11 is 5.96. The van der Waals surface area contributed by atoms with E-state index >= 15 is 0 Å². The number of carbonyl (C=O) groups is 1. The number of carbonyl (C=O) groups excluding carboxylic acids is 1. The molecule has 2 aliphatic heterocycles. The second kappa shape index (κ2) is 8.67. The lowest BCUT2D eigenvalue weighted by molar-refractivity contribution is -0.123. The Balaban J connectivity index is 1.23. The molecule has 2 aromatic carbocycles. The third-order valence-corrected chi connectivity index (χ3v) is 6.59. The highest BCUT2D eigenvalue weighted by Gasteiger charge is 2.31. The van der Waals surface area contributed by atoms with Crippen molar-refractivity contribution in [1.29, 1.82) is 0 Å². The summed E-state index contributed by atoms with van der Waals surface area (Å²) in [5.74, 6) is 1.21. The number of amides is 1. The van der Waals surface area contributed by atoms with Crippen LogP contribution in [0.4, 0.5) is 11.5 Å². The maximum absolute atomic E-state index is 13.3. The van der Waals surface area contributed by atoms with Crippen LogP contribution < -0.4 is 9.80 Å². The number of halogens is 1. The van der Waals surface area contributed by atoms with E-state index in [1.165, 1.54) is 5.56 Å². The molecule has 0 aliphatic carbocycles. The fraction of sp³-hybridized carbons (Fsp3) is 0.320. The molecular weight excluding hydrogens is 408 g/mol. The van der Waals surface area contributed by atoms with Gasteiger partial charge in [-0.15, -0.1) is 10.2 Å². The first-order valence-electron chi connectivity index (χ1n) is 10.9. The summed E-state index contributed by atoms with van der Waals surface area (Å²) in [7, 11) is 0. The molecule has 1 saturated heterocycles. The molecular formula is C25H25ClN4O. The van der Waals surface area contributed by atoms with Gasteiger partial charge in [0, 0.05) is 41.8 Å². The van der Waals surface area contributed by atoms with Gasteiger partial charge in [0.15, 0.2) is 5.82 Å². The molecule has 31 heavy (non-hydrogen) atoms. The molecule has 1 aromatic heterocycles. The molecule has 3 heterocycles. The van der Waals surface area contributed by atoms with E-state index in [0.29, 0.717) is 5.02 Å². The number of nitrogens with zero attached hydrogens (tertiary/aromatic N) is 4. The van der Waals surface area contributed by atoms with Crippen LogP contribution in [0, 0.1) is 5.92 Å². The van der Waals surface area contributed by atoms with Gasteiger partial charge in [0.1, 0.15) is 0 Å². The molecule has 1 amide bonds. The van der Waals surface area contributed by atoms with Crippen LogP contribution in [0.2, 0.25) is 5.02 Å². The molecule has 0 unspecified atom stereocenters. The first-order valence-corrected chi connectivity index (χ1v) is 11.3. The Hall–Kier alpha value is -2.92. The quantitative estimate of drug-likeness (QED) is 0.584. The van der Waals surface area contributed by atoms with Gasteiger partial charge in [0.25, 0.3) is 0 Å². The van der Waals surface area contributed by atoms with Crippen molar-refractivity contribution >= 4 is 29.0 Å². The van der Waals surface area contributed by atoms with Crippen LogP contribution in [0.3, 0.4) is 0 Å². The van der Waals surface area contributed by atoms with Gasteiger partial charge >= 0.3 is 0 Å². The Morgan fingerprint density at radius 2 is 1.68 bits per heavy atom. The van der Waals surface area contributed by atoms with E-state index in [2.05, 4.69) is 33.3 Å². The Kier molecular flexibility index (Phi) is 5.60. The van der Waals surface area contributed by atoms with Crippen LogP contribution in [-0.2, 0) is 11.2 Å². The van der Waals surface area contributed by atoms with Gasteiger partial charge in [-0.1, -0.05) is 41.9 Å². The second-order valence-electron chi connectivity index (χ2n) is 8.27. The van der Waals surface area contributed by atoms with Crippen molar-refractivity contribution < 1.29 is 4.79 Å². The molecule has 0 radical (unpaired) electrons. The van der Waals surface area contributed by atoms with E-state index in [9.17, 15) is 4.79 Å². The lowest BCUT2D eigenvalue weighted by Gasteiger charge is -2.36. The summed E-state index contributed by atoms with van der Waals surface area (Å²) in [5, 5.41) is 9.54. The van der Waals surface area contributed by atoms with Crippen molar-refractivity contribution in [3.63, 3.8) is 0 Å². The van der Waals surface area contributed by atoms with E-state index in [4.69, 9.17) is 11.6 Å². The number of anilines is 2. The Morgan fingerprint density at radius 1 is 0.903 bits per heavy atom. The van der Waals surface area contributed by atoms with Gasteiger partial charge in [-0.25, -0.2) is 0 Å². The lowest BCUT2D eigenvalue weighted by Crippen LogP contribution is -2.44. The number of benzene rings is 2. The van der Waals surface area contributed by atoms with Crippen molar-refractivity contribution in [1.82, 2.24) is 10.2 Å². The van der Waals surface area contributed by atoms with E-state index < -0.39 is 0 Å². The van der Waals surface area contributed by atoms with Crippen molar-refractivity contribution in [3.8, 4) is 11.3 Å². The summed E-state index contributed by atoms with van der Waals surface area (Å²) in [6, 6.07) is 19.9. The summed E-state index contributed by atoms with van der Waals surface area (Å²) in [6.45, 7) is 2.47. The molecule has 5 nitrogen and oxygen atoms in total. The van der Waals surface area contributed by atoms with Crippen LogP contribution >= 0.6 is 11.6 Å². The number of aromatic nitrogens is 2. The van der Waals surface area contributed by atoms with Crippen LogP contribution in [0.25, 0.3) is 11.3 Å². The minimum Gasteiger partial charge on any atom is -0.355 e. The summed E-state index contributed by atoms with van der Waals surface area (Å²) in [6.07, 6.45) is 3.79. The van der Waals surface area contributed by atoms with Gasteiger partial charge in [-0.3, -0.25) is 4.79 Å². The predicted molar refractivity (Wildman–Crippen MR) is 125 cm³/mol. The maximum atomic E-state index is 13.3. The molecule has 2 aliphatic rings. The summed E-state index contributed by atoms with van der Waals surface area (Å²) in [4.78, 5) is 17.5. The molecule has 0 bridgehead atoms. The summed E-state index contributed by atoms with van der Waals surface area (Å²) < 4.78 is 0. The highest BCUT2D eigenvalue weighted by atomic mass is 35.5. The first kappa shape index (κ1) is 20.0. The number of hydrogen-bond donors (Lipinski definition) is 0. The Labute approximate surface area is 187 Å². The van der Waals surface area contributed by atoms with E-state index in [1.54, 1.807) is 0 Å². The van der Waals surface area contributed by atoms with Gasteiger partial charge < -0.3 is 9.80 Å². The van der Waals surface area contributed by atoms with Crippen molar-refractivity contribution in [2.24, 2.45) is 5.92 Å². The highest BCUT2D eigenvalue weighted by Crippen LogP contribution is 2.31. The highest BCUT2D eigenvalue weighted by molar-refractivity contribution is 6.30. The standard InChI is InChI=1S/C25H25ClN4O/c26-21-9-7-18(8-10-21)22-11-12-24(28-27-22)29-16-13-20(14-17-29)25(31)30-15-3-5-19-4-1-2-6-23(19)30/h1-2,4,6-12,20H,3,5,13-17H2. The normalized spacial score (nSPS) is 16.8. The van der Waals surface area contributed by atoms with Gasteiger partial charge in [0.05, 0.1) is 5.69 Å². The molecule has 158 valence electrons. The Bertz CT molecular complexity index is 1060. The second-order valence-corrected chi connectivity index (χ2v) is 8.70. The third kappa shape index (κ3) is 4.15. The number of hydrogen-bond acceptors (Lipinski definition) is 4. The van der Waals surface area contributed by atoms with Crippen molar-refractivity contribution in [3.05, 3.63) is 71.2 Å². The van der Waals surface area contributed by atoms with Crippen LogP contribution in [0.5, 0.6) is 0 Å². The number of piperidine rings is 1. The molecule has 0 N–H and O–H groups in total. The zero-order chi connectivity index (χ0) is 21.2. The lowest BCUT2D eigenvalue weighted by atomic mass is 9.93. The average Bonchev–Trinajstić information content (AvgIpc) is 2.84. The molecule has 5 rings (SSSR count). The SMILES string of the molecule is O=C(C1CCN(c2ccc(-c3ccc(Cl)cc3)nn2)CC1)N1CCCc2ccccc21. The van der Waals surface area contributed by atoms with Crippen LogP contribution in [-0.4, -0.2) is 35.7 Å². The largest absolute Gasteiger partial charge is 0.355 e. The van der Waals surface area contributed by atoms with Crippen LogP contribution in [0.15, 0.2) is 60.7 Å². The minimum absolute atomic E-state index is 0.0729. The fourth-order valence-corrected chi connectivity index (χ4v) is 4.73. The average molecular weight is 433 g/mol. The molecule has 0 saturated carbocycles. The molecule has 1 fully saturated rings. The van der Waals surface area contributed by atoms with Crippen molar-refractivity contribution in [2.75, 3.05) is 29.4 Å². The number of fused-ring (bicyclic) bond motifs is 1. The number of aryl methyl sites for hydroxylation is 1. The van der Waals surface area contributed by atoms with Gasteiger partial charge in [0.2, 0.25) is 5.91 Å². The molecule has 3 aromatic rings.